The molecule has 0 radical (unpaired) electrons. The van der Waals surface area contributed by atoms with E-state index < -0.39 is 10.0 Å². The zero-order chi connectivity index (χ0) is 15.3. The van der Waals surface area contributed by atoms with Gasteiger partial charge in [0.2, 0.25) is 10.0 Å². The van der Waals surface area contributed by atoms with Gasteiger partial charge in [-0.1, -0.05) is 32.8 Å². The first-order chi connectivity index (χ1) is 9.22. The largest absolute Gasteiger partial charge is 0.240 e. The lowest BCUT2D eigenvalue weighted by molar-refractivity contribution is 0.488. The molecule has 0 aromatic heterocycles. The van der Waals surface area contributed by atoms with Crippen molar-refractivity contribution in [1.82, 2.24) is 4.72 Å². The SMILES string of the molecule is Cc1ccc(S(=O)(=O)NC(C)CCCC(C)C)cc1C. The summed E-state index contributed by atoms with van der Waals surface area (Å²) in [7, 11) is -3.40. The molecule has 1 unspecified atom stereocenters. The second-order valence-electron chi connectivity index (χ2n) is 6.09. The Morgan fingerprint density at radius 2 is 1.70 bits per heavy atom. The summed E-state index contributed by atoms with van der Waals surface area (Å²) in [6.45, 7) is 10.2. The van der Waals surface area contributed by atoms with E-state index in [4.69, 9.17) is 0 Å². The van der Waals surface area contributed by atoms with E-state index in [1.807, 2.05) is 26.8 Å². The van der Waals surface area contributed by atoms with Crippen LogP contribution in [0.15, 0.2) is 23.1 Å². The topological polar surface area (TPSA) is 46.2 Å². The zero-order valence-electron chi connectivity index (χ0n) is 13.2. The van der Waals surface area contributed by atoms with E-state index in [1.165, 1.54) is 0 Å². The maximum absolute atomic E-state index is 12.3. The van der Waals surface area contributed by atoms with E-state index in [9.17, 15) is 8.42 Å². The minimum absolute atomic E-state index is 0.0274. The molecule has 4 heteroatoms. The number of hydrogen-bond donors (Lipinski definition) is 1. The maximum atomic E-state index is 12.3. The lowest BCUT2D eigenvalue weighted by Gasteiger charge is -2.15. The van der Waals surface area contributed by atoms with Gasteiger partial charge in [-0.2, -0.15) is 0 Å². The Kier molecular flexibility index (Phi) is 6.21. The molecule has 0 saturated heterocycles. The Balaban J connectivity index is 2.67. The summed E-state index contributed by atoms with van der Waals surface area (Å²) in [4.78, 5) is 0.358. The molecule has 1 atom stereocenters. The third kappa shape index (κ3) is 5.25. The lowest BCUT2D eigenvalue weighted by atomic mass is 10.0. The first-order valence-electron chi connectivity index (χ1n) is 7.32. The van der Waals surface area contributed by atoms with Crippen molar-refractivity contribution in [2.75, 3.05) is 0 Å². The van der Waals surface area contributed by atoms with Crippen LogP contribution in [0.2, 0.25) is 0 Å². The van der Waals surface area contributed by atoms with Crippen molar-refractivity contribution in [1.29, 1.82) is 0 Å². The van der Waals surface area contributed by atoms with Gasteiger partial charge in [0.25, 0.3) is 0 Å². The Hall–Kier alpha value is -0.870. The molecule has 0 aliphatic heterocycles. The molecule has 1 aromatic rings. The quantitative estimate of drug-likeness (QED) is 0.832. The summed E-state index contributed by atoms with van der Waals surface area (Å²) in [6, 6.07) is 5.23. The van der Waals surface area contributed by atoms with Gasteiger partial charge in [-0.3, -0.25) is 0 Å². The minimum atomic E-state index is -3.40. The van der Waals surface area contributed by atoms with Crippen LogP contribution in [-0.2, 0) is 10.0 Å². The summed E-state index contributed by atoms with van der Waals surface area (Å²) < 4.78 is 27.3. The fourth-order valence-electron chi connectivity index (χ4n) is 2.11. The molecular weight excluding hydrogens is 270 g/mol. The normalized spacial score (nSPS) is 13.7. The molecule has 20 heavy (non-hydrogen) atoms. The Morgan fingerprint density at radius 3 is 2.25 bits per heavy atom. The van der Waals surface area contributed by atoms with E-state index in [0.717, 1.165) is 30.4 Å². The summed E-state index contributed by atoms with van der Waals surface area (Å²) in [5.74, 6) is 0.665. The molecule has 1 aromatic carbocycles. The summed E-state index contributed by atoms with van der Waals surface area (Å²) in [5, 5.41) is 0. The fourth-order valence-corrected chi connectivity index (χ4v) is 3.47. The molecule has 0 fully saturated rings. The Morgan fingerprint density at radius 1 is 1.05 bits per heavy atom. The molecule has 0 spiro atoms. The smallest absolute Gasteiger partial charge is 0.208 e. The molecule has 1 N–H and O–H groups in total. The van der Waals surface area contributed by atoms with Gasteiger partial charge in [0.15, 0.2) is 0 Å². The molecule has 0 saturated carbocycles. The molecule has 0 amide bonds. The highest BCUT2D eigenvalue weighted by molar-refractivity contribution is 7.89. The van der Waals surface area contributed by atoms with Crippen LogP contribution in [0.1, 0.15) is 51.2 Å². The second-order valence-corrected chi connectivity index (χ2v) is 7.81. The number of benzene rings is 1. The predicted molar refractivity (Wildman–Crippen MR) is 84.4 cm³/mol. The van der Waals surface area contributed by atoms with Crippen molar-refractivity contribution in [3.05, 3.63) is 29.3 Å². The number of aryl methyl sites for hydroxylation is 2. The molecule has 0 heterocycles. The van der Waals surface area contributed by atoms with Gasteiger partial charge < -0.3 is 0 Å². The van der Waals surface area contributed by atoms with Crippen LogP contribution in [0, 0.1) is 19.8 Å². The maximum Gasteiger partial charge on any atom is 0.240 e. The molecule has 0 aliphatic rings. The first kappa shape index (κ1) is 17.2. The minimum Gasteiger partial charge on any atom is -0.208 e. The number of nitrogens with one attached hydrogen (secondary N) is 1. The first-order valence-corrected chi connectivity index (χ1v) is 8.80. The number of hydrogen-bond acceptors (Lipinski definition) is 2. The molecular formula is C16H27NO2S. The van der Waals surface area contributed by atoms with Crippen molar-refractivity contribution in [3.63, 3.8) is 0 Å². The van der Waals surface area contributed by atoms with Gasteiger partial charge in [0.1, 0.15) is 0 Å². The van der Waals surface area contributed by atoms with Crippen LogP contribution < -0.4 is 4.72 Å². The molecule has 1 rings (SSSR count). The van der Waals surface area contributed by atoms with Crippen molar-refractivity contribution < 1.29 is 8.42 Å². The van der Waals surface area contributed by atoms with Crippen LogP contribution in [0.25, 0.3) is 0 Å². The summed E-state index contributed by atoms with van der Waals surface area (Å²) in [6.07, 6.45) is 3.06. The van der Waals surface area contributed by atoms with Gasteiger partial charge >= 0.3 is 0 Å². The number of sulfonamides is 1. The highest BCUT2D eigenvalue weighted by atomic mass is 32.2. The van der Waals surface area contributed by atoms with Gasteiger partial charge in [-0.15, -0.1) is 0 Å². The van der Waals surface area contributed by atoms with Crippen molar-refractivity contribution in [3.8, 4) is 0 Å². The summed E-state index contributed by atoms with van der Waals surface area (Å²) >= 11 is 0. The van der Waals surface area contributed by atoms with Gasteiger partial charge in [0, 0.05) is 6.04 Å². The lowest BCUT2D eigenvalue weighted by Crippen LogP contribution is -2.32. The third-order valence-corrected chi connectivity index (χ3v) is 5.15. The van der Waals surface area contributed by atoms with Crippen LogP contribution in [0.5, 0.6) is 0 Å². The van der Waals surface area contributed by atoms with E-state index in [2.05, 4.69) is 18.6 Å². The standard InChI is InChI=1S/C16H27NO2S/c1-12(2)7-6-8-15(5)17-20(18,19)16-10-9-13(3)14(4)11-16/h9-12,15,17H,6-8H2,1-5H3. The Bertz CT molecular complexity index is 535. The highest BCUT2D eigenvalue weighted by Gasteiger charge is 2.17. The average Bonchev–Trinajstić information content (AvgIpc) is 2.31. The van der Waals surface area contributed by atoms with Crippen molar-refractivity contribution >= 4 is 10.0 Å². The average molecular weight is 297 g/mol. The predicted octanol–water partition coefficient (Wildman–Crippen LogP) is 3.80. The third-order valence-electron chi connectivity index (χ3n) is 3.56. The van der Waals surface area contributed by atoms with E-state index >= 15 is 0 Å². The van der Waals surface area contributed by atoms with Crippen LogP contribution in [-0.4, -0.2) is 14.5 Å². The van der Waals surface area contributed by atoms with Crippen molar-refractivity contribution in [2.24, 2.45) is 5.92 Å². The van der Waals surface area contributed by atoms with E-state index in [0.29, 0.717) is 10.8 Å². The second kappa shape index (κ2) is 7.23. The molecule has 114 valence electrons. The fraction of sp³-hybridized carbons (Fsp3) is 0.625. The molecule has 3 nitrogen and oxygen atoms in total. The van der Waals surface area contributed by atoms with Gasteiger partial charge in [-0.25, -0.2) is 13.1 Å². The van der Waals surface area contributed by atoms with Crippen LogP contribution >= 0.6 is 0 Å². The van der Waals surface area contributed by atoms with E-state index in [-0.39, 0.29) is 6.04 Å². The number of rotatable bonds is 7. The van der Waals surface area contributed by atoms with Crippen LogP contribution in [0.4, 0.5) is 0 Å². The Labute approximate surface area is 123 Å². The monoisotopic (exact) mass is 297 g/mol. The zero-order valence-corrected chi connectivity index (χ0v) is 14.0. The van der Waals surface area contributed by atoms with Crippen LogP contribution in [0.3, 0.4) is 0 Å². The van der Waals surface area contributed by atoms with Gasteiger partial charge in [0.05, 0.1) is 4.90 Å². The molecule has 0 aliphatic carbocycles. The summed E-state index contributed by atoms with van der Waals surface area (Å²) in [5.41, 5.74) is 2.11. The van der Waals surface area contributed by atoms with Crippen molar-refractivity contribution in [2.45, 2.75) is 64.8 Å². The highest BCUT2D eigenvalue weighted by Crippen LogP contribution is 2.16. The molecule has 0 bridgehead atoms. The van der Waals surface area contributed by atoms with Gasteiger partial charge in [-0.05, 0) is 56.4 Å². The van der Waals surface area contributed by atoms with E-state index in [1.54, 1.807) is 12.1 Å².